The van der Waals surface area contributed by atoms with Crippen LogP contribution in [-0.4, -0.2) is 36.9 Å². The third kappa shape index (κ3) is 4.72. The number of hydrogen-bond donors (Lipinski definition) is 2. The Hall–Kier alpha value is -2.56. The van der Waals surface area contributed by atoms with Gasteiger partial charge in [-0.25, -0.2) is 10.2 Å². The number of benzene rings is 1. The minimum Gasteiger partial charge on any atom is -0.493 e. The van der Waals surface area contributed by atoms with Crippen LogP contribution in [0.3, 0.4) is 0 Å². The summed E-state index contributed by atoms with van der Waals surface area (Å²) >= 11 is 1.99. The largest absolute Gasteiger partial charge is 0.493 e. The second kappa shape index (κ2) is 8.34. The number of nitrogens with zero attached hydrogens (tertiary/aromatic N) is 1. The van der Waals surface area contributed by atoms with Crippen LogP contribution >= 0.6 is 22.6 Å². The lowest BCUT2D eigenvalue weighted by Gasteiger charge is -2.12. The number of rotatable bonds is 7. The van der Waals surface area contributed by atoms with Crippen LogP contribution in [0.4, 0.5) is 0 Å². The number of aliphatic carboxylic acids is 1. The van der Waals surface area contributed by atoms with Gasteiger partial charge in [-0.15, -0.1) is 0 Å². The molecule has 2 aromatic rings. The third-order valence-electron chi connectivity index (χ3n) is 2.72. The molecule has 0 atom stereocenters. The Morgan fingerprint density at radius 3 is 2.88 bits per heavy atom. The van der Waals surface area contributed by atoms with Gasteiger partial charge in [0.2, 0.25) is 0 Å². The first kappa shape index (κ1) is 17.8. The van der Waals surface area contributed by atoms with Crippen molar-refractivity contribution in [2.24, 2.45) is 5.10 Å². The maximum atomic E-state index is 11.7. The van der Waals surface area contributed by atoms with Gasteiger partial charge in [-0.05, 0) is 52.4 Å². The fourth-order valence-corrected chi connectivity index (χ4v) is 2.50. The summed E-state index contributed by atoms with van der Waals surface area (Å²) in [6, 6.07) is 6.44. The molecule has 2 rings (SSSR count). The van der Waals surface area contributed by atoms with Gasteiger partial charge in [0.15, 0.2) is 23.9 Å². The molecular weight excluding hydrogens is 431 g/mol. The summed E-state index contributed by atoms with van der Waals surface area (Å²) in [7, 11) is 1.44. The molecule has 0 radical (unpaired) electrons. The number of halogens is 1. The number of nitrogens with one attached hydrogen (secondary N) is 1. The summed E-state index contributed by atoms with van der Waals surface area (Å²) < 4.78 is 16.0. The monoisotopic (exact) mass is 444 g/mol. The minimum absolute atomic E-state index is 0.150. The van der Waals surface area contributed by atoms with E-state index < -0.39 is 18.5 Å². The average Bonchev–Trinajstić information content (AvgIpc) is 3.07. The molecule has 1 aromatic heterocycles. The van der Waals surface area contributed by atoms with Gasteiger partial charge >= 0.3 is 11.9 Å². The lowest BCUT2D eigenvalue weighted by molar-refractivity contribution is -0.139. The summed E-state index contributed by atoms with van der Waals surface area (Å²) in [4.78, 5) is 22.3. The molecule has 0 aliphatic heterocycles. The molecule has 1 aromatic carbocycles. The maximum Gasteiger partial charge on any atom is 0.341 e. The number of methoxy groups -OCH3 is 1. The number of ether oxygens (including phenoxy) is 2. The van der Waals surface area contributed by atoms with E-state index in [1.54, 1.807) is 18.2 Å². The topological polar surface area (TPSA) is 110 Å². The summed E-state index contributed by atoms with van der Waals surface area (Å²) in [5, 5.41) is 12.5. The van der Waals surface area contributed by atoms with E-state index in [-0.39, 0.29) is 5.76 Å². The average molecular weight is 444 g/mol. The molecule has 0 aliphatic carbocycles. The summed E-state index contributed by atoms with van der Waals surface area (Å²) in [6.07, 6.45) is 2.81. The van der Waals surface area contributed by atoms with E-state index in [4.69, 9.17) is 19.0 Å². The van der Waals surface area contributed by atoms with Crippen molar-refractivity contribution >= 4 is 40.7 Å². The summed E-state index contributed by atoms with van der Waals surface area (Å²) in [6.45, 7) is -0.473. The SMILES string of the molecule is COc1cc(/C=N/NC(=O)c2ccco2)cc(I)c1OCC(=O)O. The highest BCUT2D eigenvalue weighted by molar-refractivity contribution is 14.1. The summed E-state index contributed by atoms with van der Waals surface area (Å²) in [5.41, 5.74) is 2.97. The lowest BCUT2D eigenvalue weighted by Crippen LogP contribution is -2.16. The number of hydrazone groups is 1. The zero-order chi connectivity index (χ0) is 17.5. The van der Waals surface area contributed by atoms with Gasteiger partial charge in [0, 0.05) is 0 Å². The van der Waals surface area contributed by atoms with E-state index in [0.717, 1.165) is 0 Å². The van der Waals surface area contributed by atoms with Crippen molar-refractivity contribution in [1.29, 1.82) is 0 Å². The number of hydrogen-bond acceptors (Lipinski definition) is 6. The fraction of sp³-hybridized carbons (Fsp3) is 0.133. The highest BCUT2D eigenvalue weighted by Crippen LogP contribution is 2.33. The Kier molecular flexibility index (Phi) is 6.18. The van der Waals surface area contributed by atoms with Gasteiger partial charge in [0.05, 0.1) is 23.2 Å². The zero-order valence-electron chi connectivity index (χ0n) is 12.5. The smallest absolute Gasteiger partial charge is 0.341 e. The number of carboxylic acid groups (broad SMARTS) is 1. The van der Waals surface area contributed by atoms with Crippen molar-refractivity contribution in [2.45, 2.75) is 0 Å². The molecule has 0 saturated carbocycles. The number of carboxylic acids is 1. The standard InChI is InChI=1S/C15H13IN2O6/c1-22-12-6-9(5-10(16)14(12)24-8-13(19)20)7-17-18-15(21)11-3-2-4-23-11/h2-7H,8H2,1H3,(H,18,21)(H,19,20)/b17-7+. The Morgan fingerprint density at radius 1 is 1.46 bits per heavy atom. The molecule has 24 heavy (non-hydrogen) atoms. The van der Waals surface area contributed by atoms with E-state index in [1.165, 1.54) is 25.7 Å². The first-order chi connectivity index (χ1) is 11.5. The fourth-order valence-electron chi connectivity index (χ4n) is 1.72. The van der Waals surface area contributed by atoms with Crippen molar-refractivity contribution in [3.05, 3.63) is 45.4 Å². The minimum atomic E-state index is -1.08. The molecule has 0 bridgehead atoms. The predicted octanol–water partition coefficient (Wildman–Crippen LogP) is 2.12. The van der Waals surface area contributed by atoms with Crippen LogP contribution in [0.2, 0.25) is 0 Å². The molecule has 0 spiro atoms. The Bertz CT molecular complexity index is 758. The van der Waals surface area contributed by atoms with Crippen LogP contribution in [0, 0.1) is 3.57 Å². The second-order valence-corrected chi connectivity index (χ2v) is 5.56. The lowest BCUT2D eigenvalue weighted by atomic mass is 10.2. The van der Waals surface area contributed by atoms with E-state index in [9.17, 15) is 9.59 Å². The van der Waals surface area contributed by atoms with Gasteiger partial charge in [-0.2, -0.15) is 5.10 Å². The van der Waals surface area contributed by atoms with Crippen molar-refractivity contribution < 1.29 is 28.6 Å². The van der Waals surface area contributed by atoms with Crippen LogP contribution in [0.15, 0.2) is 40.0 Å². The van der Waals surface area contributed by atoms with E-state index >= 15 is 0 Å². The van der Waals surface area contributed by atoms with Gasteiger partial charge < -0.3 is 19.0 Å². The number of furan rings is 1. The van der Waals surface area contributed by atoms with Crippen LogP contribution in [-0.2, 0) is 4.79 Å². The Labute approximate surface area is 150 Å². The summed E-state index contributed by atoms with van der Waals surface area (Å²) in [5.74, 6) is -0.714. The zero-order valence-corrected chi connectivity index (χ0v) is 14.6. The van der Waals surface area contributed by atoms with E-state index in [0.29, 0.717) is 20.6 Å². The van der Waals surface area contributed by atoms with Crippen LogP contribution in [0.25, 0.3) is 0 Å². The highest BCUT2D eigenvalue weighted by atomic mass is 127. The van der Waals surface area contributed by atoms with Crippen LogP contribution in [0.5, 0.6) is 11.5 Å². The molecule has 8 nitrogen and oxygen atoms in total. The van der Waals surface area contributed by atoms with E-state index in [2.05, 4.69) is 10.5 Å². The molecular formula is C15H13IN2O6. The molecule has 0 aliphatic rings. The van der Waals surface area contributed by atoms with Gasteiger partial charge in [0.25, 0.3) is 0 Å². The highest BCUT2D eigenvalue weighted by Gasteiger charge is 2.13. The Balaban J connectivity index is 2.10. The normalized spacial score (nSPS) is 10.6. The van der Waals surface area contributed by atoms with Crippen LogP contribution < -0.4 is 14.9 Å². The predicted molar refractivity (Wildman–Crippen MR) is 92.6 cm³/mol. The van der Waals surface area contributed by atoms with Crippen molar-refractivity contribution in [1.82, 2.24) is 5.43 Å². The molecule has 1 heterocycles. The number of carbonyl (C=O) groups is 2. The first-order valence-corrected chi connectivity index (χ1v) is 7.68. The molecule has 126 valence electrons. The van der Waals surface area contributed by atoms with Gasteiger partial charge in [0.1, 0.15) is 0 Å². The molecule has 2 N–H and O–H groups in total. The van der Waals surface area contributed by atoms with Gasteiger partial charge in [-0.1, -0.05) is 0 Å². The molecule has 9 heteroatoms. The van der Waals surface area contributed by atoms with Crippen LogP contribution in [0.1, 0.15) is 16.1 Å². The van der Waals surface area contributed by atoms with Crippen molar-refractivity contribution in [2.75, 3.05) is 13.7 Å². The number of carbonyl (C=O) groups excluding carboxylic acids is 1. The van der Waals surface area contributed by atoms with Crippen molar-refractivity contribution in [3.63, 3.8) is 0 Å². The molecule has 0 fully saturated rings. The first-order valence-electron chi connectivity index (χ1n) is 6.60. The second-order valence-electron chi connectivity index (χ2n) is 4.39. The molecule has 0 saturated heterocycles. The van der Waals surface area contributed by atoms with Crippen molar-refractivity contribution in [3.8, 4) is 11.5 Å². The maximum absolute atomic E-state index is 11.7. The van der Waals surface area contributed by atoms with E-state index in [1.807, 2.05) is 22.6 Å². The quantitative estimate of drug-likeness (QED) is 0.385. The van der Waals surface area contributed by atoms with Gasteiger partial charge in [-0.3, -0.25) is 4.79 Å². The Morgan fingerprint density at radius 2 is 2.25 bits per heavy atom. The third-order valence-corrected chi connectivity index (χ3v) is 3.52. The molecule has 0 unspecified atom stereocenters. The molecule has 1 amide bonds. The number of amides is 1.